The average molecular weight is 370 g/mol. The predicted octanol–water partition coefficient (Wildman–Crippen LogP) is 3.10. The normalized spacial score (nSPS) is 9.96. The van der Waals surface area contributed by atoms with Crippen molar-refractivity contribution < 1.29 is 33.7 Å². The summed E-state index contributed by atoms with van der Waals surface area (Å²) in [6, 6.07) is 11.8. The second-order valence-electron chi connectivity index (χ2n) is 5.51. The lowest BCUT2D eigenvalue weighted by molar-refractivity contribution is -0.139. The van der Waals surface area contributed by atoms with Crippen molar-refractivity contribution in [1.82, 2.24) is 0 Å². The second kappa shape index (κ2) is 9.19. The SMILES string of the molecule is C=C(C)C(=O)OCCOc1ccc(C(=O)Oc2ccc(C(=O)O)cc2)cc1. The Bertz CT molecular complexity index is 836. The zero-order valence-corrected chi connectivity index (χ0v) is 14.6. The first-order chi connectivity index (χ1) is 12.9. The van der Waals surface area contributed by atoms with E-state index in [4.69, 9.17) is 19.3 Å². The number of ether oxygens (including phenoxy) is 3. The van der Waals surface area contributed by atoms with Crippen molar-refractivity contribution in [2.24, 2.45) is 0 Å². The fraction of sp³-hybridized carbons (Fsp3) is 0.150. The molecular weight excluding hydrogens is 352 g/mol. The van der Waals surface area contributed by atoms with E-state index < -0.39 is 17.9 Å². The van der Waals surface area contributed by atoms with Crippen LogP contribution in [0.5, 0.6) is 11.5 Å². The molecule has 1 N–H and O–H groups in total. The third-order valence-electron chi connectivity index (χ3n) is 3.34. The summed E-state index contributed by atoms with van der Waals surface area (Å²) in [7, 11) is 0. The van der Waals surface area contributed by atoms with Crippen molar-refractivity contribution in [3.05, 3.63) is 71.8 Å². The fourth-order valence-corrected chi connectivity index (χ4v) is 1.94. The third-order valence-corrected chi connectivity index (χ3v) is 3.34. The zero-order chi connectivity index (χ0) is 19.8. The number of hydrogen-bond donors (Lipinski definition) is 1. The van der Waals surface area contributed by atoms with Crippen LogP contribution in [0.3, 0.4) is 0 Å². The summed E-state index contributed by atoms with van der Waals surface area (Å²) in [5.41, 5.74) is 0.721. The van der Waals surface area contributed by atoms with Crippen LogP contribution in [0.2, 0.25) is 0 Å². The largest absolute Gasteiger partial charge is 0.490 e. The van der Waals surface area contributed by atoms with Crippen molar-refractivity contribution in [2.45, 2.75) is 6.92 Å². The third kappa shape index (κ3) is 6.00. The highest BCUT2D eigenvalue weighted by atomic mass is 16.6. The Morgan fingerprint density at radius 1 is 0.889 bits per heavy atom. The van der Waals surface area contributed by atoms with Crippen LogP contribution < -0.4 is 9.47 Å². The summed E-state index contributed by atoms with van der Waals surface area (Å²) < 4.78 is 15.5. The van der Waals surface area contributed by atoms with Crippen LogP contribution in [-0.4, -0.2) is 36.2 Å². The molecule has 2 aromatic carbocycles. The predicted molar refractivity (Wildman–Crippen MR) is 96.1 cm³/mol. The van der Waals surface area contributed by atoms with Gasteiger partial charge < -0.3 is 19.3 Å². The summed E-state index contributed by atoms with van der Waals surface area (Å²) in [6.07, 6.45) is 0. The number of carbonyl (C=O) groups is 3. The molecule has 0 saturated heterocycles. The van der Waals surface area contributed by atoms with E-state index in [1.165, 1.54) is 36.4 Å². The average Bonchev–Trinajstić information content (AvgIpc) is 2.65. The quantitative estimate of drug-likeness (QED) is 0.330. The maximum atomic E-state index is 12.1. The molecule has 0 atom stereocenters. The van der Waals surface area contributed by atoms with Crippen LogP contribution in [0, 0.1) is 0 Å². The Morgan fingerprint density at radius 3 is 2.00 bits per heavy atom. The lowest BCUT2D eigenvalue weighted by atomic mass is 10.2. The number of carbonyl (C=O) groups excluding carboxylic acids is 2. The minimum absolute atomic E-state index is 0.0851. The van der Waals surface area contributed by atoms with Gasteiger partial charge in [0.1, 0.15) is 24.7 Å². The summed E-state index contributed by atoms with van der Waals surface area (Å²) >= 11 is 0. The molecule has 2 rings (SSSR count). The highest BCUT2D eigenvalue weighted by Gasteiger charge is 2.10. The first-order valence-corrected chi connectivity index (χ1v) is 7.98. The molecule has 0 fully saturated rings. The van der Waals surface area contributed by atoms with E-state index >= 15 is 0 Å². The monoisotopic (exact) mass is 370 g/mol. The molecule has 27 heavy (non-hydrogen) atoms. The van der Waals surface area contributed by atoms with Gasteiger partial charge in [-0.2, -0.15) is 0 Å². The maximum absolute atomic E-state index is 12.1. The first kappa shape index (κ1) is 19.7. The van der Waals surface area contributed by atoms with Gasteiger partial charge in [0.25, 0.3) is 0 Å². The van der Waals surface area contributed by atoms with Crippen molar-refractivity contribution >= 4 is 17.9 Å². The first-order valence-electron chi connectivity index (χ1n) is 7.98. The number of benzene rings is 2. The van der Waals surface area contributed by atoms with Gasteiger partial charge in [0.15, 0.2) is 0 Å². The molecule has 0 aromatic heterocycles. The Balaban J connectivity index is 1.85. The van der Waals surface area contributed by atoms with Gasteiger partial charge in [-0.05, 0) is 55.5 Å². The van der Waals surface area contributed by atoms with Crippen LogP contribution in [-0.2, 0) is 9.53 Å². The number of rotatable bonds is 8. The molecular formula is C20H18O7. The van der Waals surface area contributed by atoms with Crippen molar-refractivity contribution in [3.63, 3.8) is 0 Å². The zero-order valence-electron chi connectivity index (χ0n) is 14.6. The minimum atomic E-state index is -1.06. The fourth-order valence-electron chi connectivity index (χ4n) is 1.94. The molecule has 7 nitrogen and oxygen atoms in total. The van der Waals surface area contributed by atoms with Crippen LogP contribution in [0.1, 0.15) is 27.6 Å². The number of carboxylic acid groups (broad SMARTS) is 1. The highest BCUT2D eigenvalue weighted by molar-refractivity contribution is 5.91. The Kier molecular flexibility index (Phi) is 6.71. The molecule has 0 aliphatic rings. The molecule has 7 heteroatoms. The minimum Gasteiger partial charge on any atom is -0.490 e. The number of esters is 2. The van der Waals surface area contributed by atoms with Crippen molar-refractivity contribution in [3.8, 4) is 11.5 Å². The Labute approximate surface area is 155 Å². The van der Waals surface area contributed by atoms with E-state index in [2.05, 4.69) is 6.58 Å². The molecule has 0 amide bonds. The molecule has 0 spiro atoms. The maximum Gasteiger partial charge on any atom is 0.343 e. The molecule has 0 saturated carbocycles. The van der Waals surface area contributed by atoms with Crippen molar-refractivity contribution in [2.75, 3.05) is 13.2 Å². The van der Waals surface area contributed by atoms with E-state index in [-0.39, 0.29) is 24.5 Å². The van der Waals surface area contributed by atoms with E-state index in [9.17, 15) is 14.4 Å². The lowest BCUT2D eigenvalue weighted by Gasteiger charge is -2.08. The molecule has 2 aromatic rings. The molecule has 0 radical (unpaired) electrons. The highest BCUT2D eigenvalue weighted by Crippen LogP contribution is 2.17. The smallest absolute Gasteiger partial charge is 0.343 e. The summed E-state index contributed by atoms with van der Waals surface area (Å²) in [5.74, 6) is -1.38. The van der Waals surface area contributed by atoms with Crippen LogP contribution >= 0.6 is 0 Å². The van der Waals surface area contributed by atoms with Gasteiger partial charge in [0.05, 0.1) is 11.1 Å². The van der Waals surface area contributed by atoms with Crippen LogP contribution in [0.25, 0.3) is 0 Å². The van der Waals surface area contributed by atoms with Gasteiger partial charge in [0, 0.05) is 5.57 Å². The number of aromatic carboxylic acids is 1. The van der Waals surface area contributed by atoms with Gasteiger partial charge >= 0.3 is 17.9 Å². The Morgan fingerprint density at radius 2 is 1.44 bits per heavy atom. The Hall–Kier alpha value is -3.61. The summed E-state index contributed by atoms with van der Waals surface area (Å²) in [6.45, 7) is 5.28. The molecule has 0 heterocycles. The van der Waals surface area contributed by atoms with Gasteiger partial charge in [-0.15, -0.1) is 0 Å². The van der Waals surface area contributed by atoms with E-state index in [1.807, 2.05) is 0 Å². The molecule has 0 aliphatic heterocycles. The molecule has 140 valence electrons. The second-order valence-corrected chi connectivity index (χ2v) is 5.51. The van der Waals surface area contributed by atoms with Gasteiger partial charge in [-0.1, -0.05) is 6.58 Å². The standard InChI is InChI=1S/C20H18O7/c1-13(2)19(23)26-12-11-25-16-7-5-15(6-8-16)20(24)27-17-9-3-14(4-10-17)18(21)22/h3-10H,1,11-12H2,2H3,(H,21,22). The molecule has 0 aliphatic carbocycles. The number of carboxylic acids is 1. The number of hydrogen-bond acceptors (Lipinski definition) is 6. The van der Waals surface area contributed by atoms with Crippen LogP contribution in [0.15, 0.2) is 60.7 Å². The van der Waals surface area contributed by atoms with Crippen molar-refractivity contribution in [1.29, 1.82) is 0 Å². The van der Waals surface area contributed by atoms with E-state index in [1.54, 1.807) is 19.1 Å². The summed E-state index contributed by atoms with van der Waals surface area (Å²) in [4.78, 5) is 34.1. The topological polar surface area (TPSA) is 99.1 Å². The van der Waals surface area contributed by atoms with Crippen LogP contribution in [0.4, 0.5) is 0 Å². The van der Waals surface area contributed by atoms with Gasteiger partial charge in [-0.3, -0.25) is 0 Å². The molecule has 0 unspecified atom stereocenters. The van der Waals surface area contributed by atoms with Gasteiger partial charge in [-0.25, -0.2) is 14.4 Å². The van der Waals surface area contributed by atoms with E-state index in [0.29, 0.717) is 16.9 Å². The summed E-state index contributed by atoms with van der Waals surface area (Å²) in [5, 5.41) is 8.84. The van der Waals surface area contributed by atoms with Gasteiger partial charge in [0.2, 0.25) is 0 Å². The van der Waals surface area contributed by atoms with E-state index in [0.717, 1.165) is 0 Å². The molecule has 0 bridgehead atoms. The lowest BCUT2D eigenvalue weighted by Crippen LogP contribution is -2.12.